The van der Waals surface area contributed by atoms with Crippen molar-refractivity contribution in [1.82, 2.24) is 0 Å². The van der Waals surface area contributed by atoms with Crippen LogP contribution < -0.4 is 0 Å². The van der Waals surface area contributed by atoms with Gasteiger partial charge in [-0.1, -0.05) is 0 Å². The summed E-state index contributed by atoms with van der Waals surface area (Å²) in [5.41, 5.74) is -0.223. The number of benzene rings is 1. The maximum Gasteiger partial charge on any atom is 0.281 e. The molecule has 0 fully saturated rings. The Hall–Kier alpha value is -1.80. The first-order valence-electron chi connectivity index (χ1n) is 3.97. The zero-order valence-corrected chi connectivity index (χ0v) is 9.87. The first-order chi connectivity index (χ1) is 7.06. The normalized spacial score (nSPS) is 10.1. The lowest BCUT2D eigenvalue weighted by Crippen LogP contribution is -1.99. The Kier molecular flexibility index (Phi) is 3.47. The predicted molar refractivity (Wildman–Crippen MR) is 54.5 cm³/mol. The van der Waals surface area contributed by atoms with Crippen LogP contribution in [0.4, 0.5) is 11.4 Å². The van der Waals surface area contributed by atoms with E-state index in [0.29, 0.717) is 16.0 Å². The quantitative estimate of drug-likeness (QED) is 0.419. The molecule has 15 heavy (non-hydrogen) atoms. The standard InChI is InChI=1S/C7H8N2O5Si/c10-8(11)6-2-1-5(4-14-15)7(3-6)9(12)13/h1-3H,4H2,15H3. The van der Waals surface area contributed by atoms with E-state index in [9.17, 15) is 20.2 Å². The summed E-state index contributed by atoms with van der Waals surface area (Å²) < 4.78 is 4.88. The second-order valence-corrected chi connectivity index (χ2v) is 3.34. The smallest absolute Gasteiger partial charge is 0.281 e. The molecular formula is C7H8N2O5Si. The van der Waals surface area contributed by atoms with E-state index in [2.05, 4.69) is 0 Å². The van der Waals surface area contributed by atoms with Gasteiger partial charge in [0.15, 0.2) is 0 Å². The van der Waals surface area contributed by atoms with Crippen LogP contribution in [0.3, 0.4) is 0 Å². The van der Waals surface area contributed by atoms with Crippen molar-refractivity contribution in [2.75, 3.05) is 0 Å². The molecule has 0 bridgehead atoms. The molecular weight excluding hydrogens is 220 g/mol. The number of non-ortho nitro benzene ring substituents is 1. The highest BCUT2D eigenvalue weighted by Crippen LogP contribution is 2.24. The molecule has 1 rings (SSSR count). The summed E-state index contributed by atoms with van der Waals surface area (Å²) in [5.74, 6) is 0. The minimum atomic E-state index is -0.668. The molecule has 7 nitrogen and oxygen atoms in total. The summed E-state index contributed by atoms with van der Waals surface area (Å²) >= 11 is 0. The third kappa shape index (κ3) is 2.57. The number of nitro groups is 2. The molecule has 0 aliphatic carbocycles. The average molecular weight is 228 g/mol. The number of nitro benzene ring substituents is 2. The van der Waals surface area contributed by atoms with Crippen LogP contribution in [0.2, 0.25) is 0 Å². The third-order valence-corrected chi connectivity index (χ3v) is 2.06. The highest BCUT2D eigenvalue weighted by atomic mass is 28.2. The van der Waals surface area contributed by atoms with Gasteiger partial charge in [0.05, 0.1) is 28.1 Å². The maximum atomic E-state index is 10.6. The van der Waals surface area contributed by atoms with Crippen LogP contribution in [-0.2, 0) is 11.0 Å². The minimum absolute atomic E-state index is 0.112. The highest BCUT2D eigenvalue weighted by molar-refractivity contribution is 5.97. The molecule has 0 saturated carbocycles. The van der Waals surface area contributed by atoms with Gasteiger partial charge in [-0.15, -0.1) is 0 Å². The van der Waals surface area contributed by atoms with Crippen LogP contribution in [-0.4, -0.2) is 20.3 Å². The highest BCUT2D eigenvalue weighted by Gasteiger charge is 2.18. The summed E-state index contributed by atoms with van der Waals surface area (Å²) in [4.78, 5) is 19.7. The molecule has 0 unspecified atom stereocenters. The van der Waals surface area contributed by atoms with Crippen molar-refractivity contribution < 1.29 is 14.3 Å². The SMILES string of the molecule is O=[N+]([O-])c1ccc(CO[SiH3])c([N+](=O)[O-])c1. The van der Waals surface area contributed by atoms with Crippen LogP contribution in [0.5, 0.6) is 0 Å². The summed E-state index contributed by atoms with van der Waals surface area (Å²) in [5, 5.41) is 21.0. The van der Waals surface area contributed by atoms with Crippen LogP contribution in [0.25, 0.3) is 0 Å². The monoisotopic (exact) mass is 228 g/mol. The van der Waals surface area contributed by atoms with Crippen LogP contribution in [0, 0.1) is 20.2 Å². The Bertz CT molecular complexity index is 408. The molecule has 0 N–H and O–H groups in total. The number of hydrogen-bond donors (Lipinski definition) is 0. The Morgan fingerprint density at radius 2 is 1.93 bits per heavy atom. The summed E-state index contributed by atoms with van der Waals surface area (Å²) in [7, 11) is 0.456. The molecule has 80 valence electrons. The average Bonchev–Trinajstić information content (AvgIpc) is 2.18. The largest absolute Gasteiger partial charge is 0.423 e. The van der Waals surface area contributed by atoms with Gasteiger partial charge in [0.2, 0.25) is 0 Å². The van der Waals surface area contributed by atoms with Crippen LogP contribution in [0.15, 0.2) is 18.2 Å². The fraction of sp³-hybridized carbons (Fsp3) is 0.143. The Morgan fingerprint density at radius 1 is 1.27 bits per heavy atom. The number of hydrogen-bond acceptors (Lipinski definition) is 5. The minimum Gasteiger partial charge on any atom is -0.423 e. The Balaban J connectivity index is 3.20. The van der Waals surface area contributed by atoms with Crippen molar-refractivity contribution >= 4 is 21.9 Å². The molecule has 0 spiro atoms. The van der Waals surface area contributed by atoms with Crippen LogP contribution in [0.1, 0.15) is 5.56 Å². The van der Waals surface area contributed by atoms with Crippen molar-refractivity contribution in [2.24, 2.45) is 0 Å². The molecule has 0 saturated heterocycles. The van der Waals surface area contributed by atoms with Gasteiger partial charge in [0.25, 0.3) is 11.4 Å². The molecule has 0 radical (unpaired) electrons. The van der Waals surface area contributed by atoms with E-state index in [-0.39, 0.29) is 18.0 Å². The third-order valence-electron chi connectivity index (χ3n) is 1.78. The second-order valence-electron chi connectivity index (χ2n) is 2.76. The zero-order valence-electron chi connectivity index (χ0n) is 7.87. The first kappa shape index (κ1) is 11.3. The zero-order chi connectivity index (χ0) is 11.4. The van der Waals surface area contributed by atoms with Gasteiger partial charge in [0, 0.05) is 6.07 Å². The van der Waals surface area contributed by atoms with Crippen molar-refractivity contribution in [3.05, 3.63) is 44.0 Å². The first-order valence-corrected chi connectivity index (χ1v) is 4.78. The molecule has 0 amide bonds. The van der Waals surface area contributed by atoms with Crippen molar-refractivity contribution in [3.63, 3.8) is 0 Å². The molecule has 0 aromatic heterocycles. The fourth-order valence-electron chi connectivity index (χ4n) is 1.11. The van der Waals surface area contributed by atoms with E-state index >= 15 is 0 Å². The molecule has 0 atom stereocenters. The van der Waals surface area contributed by atoms with Gasteiger partial charge >= 0.3 is 0 Å². The van der Waals surface area contributed by atoms with Gasteiger partial charge in [-0.25, -0.2) is 0 Å². The molecule has 1 aromatic carbocycles. The molecule has 1 aromatic rings. The maximum absolute atomic E-state index is 10.6. The lowest BCUT2D eigenvalue weighted by molar-refractivity contribution is -0.394. The summed E-state index contributed by atoms with van der Waals surface area (Å²) in [6.45, 7) is 0.112. The van der Waals surface area contributed by atoms with Crippen molar-refractivity contribution in [1.29, 1.82) is 0 Å². The van der Waals surface area contributed by atoms with E-state index < -0.39 is 9.85 Å². The van der Waals surface area contributed by atoms with E-state index in [1.54, 1.807) is 0 Å². The molecule has 0 aliphatic heterocycles. The summed E-state index contributed by atoms with van der Waals surface area (Å²) in [6.07, 6.45) is 0. The summed E-state index contributed by atoms with van der Waals surface area (Å²) in [6, 6.07) is 3.51. The van der Waals surface area contributed by atoms with E-state index in [1.165, 1.54) is 12.1 Å². The van der Waals surface area contributed by atoms with Gasteiger partial charge in [-0.05, 0) is 6.07 Å². The van der Waals surface area contributed by atoms with Crippen molar-refractivity contribution in [2.45, 2.75) is 6.61 Å². The topological polar surface area (TPSA) is 95.5 Å². The van der Waals surface area contributed by atoms with E-state index in [4.69, 9.17) is 4.43 Å². The molecule has 0 heterocycles. The second kappa shape index (κ2) is 4.62. The fourth-order valence-corrected chi connectivity index (χ4v) is 1.42. The molecule has 8 heteroatoms. The van der Waals surface area contributed by atoms with E-state index in [0.717, 1.165) is 6.07 Å². The lowest BCUT2D eigenvalue weighted by Gasteiger charge is -2.01. The Morgan fingerprint density at radius 3 is 2.40 bits per heavy atom. The van der Waals surface area contributed by atoms with Gasteiger partial charge in [-0.2, -0.15) is 0 Å². The van der Waals surface area contributed by atoms with Gasteiger partial charge in [0.1, 0.15) is 10.5 Å². The van der Waals surface area contributed by atoms with Crippen molar-refractivity contribution in [3.8, 4) is 0 Å². The number of nitrogens with zero attached hydrogens (tertiary/aromatic N) is 2. The molecule has 0 aliphatic rings. The van der Waals surface area contributed by atoms with E-state index in [1.807, 2.05) is 0 Å². The Labute approximate surface area is 87.5 Å². The predicted octanol–water partition coefficient (Wildman–Crippen LogP) is 0.300. The van der Waals surface area contributed by atoms with Crippen LogP contribution >= 0.6 is 0 Å². The van der Waals surface area contributed by atoms with Gasteiger partial charge < -0.3 is 4.43 Å². The lowest BCUT2D eigenvalue weighted by atomic mass is 10.2. The van der Waals surface area contributed by atoms with Gasteiger partial charge in [-0.3, -0.25) is 20.2 Å². The number of rotatable bonds is 4.